The predicted octanol–water partition coefficient (Wildman–Crippen LogP) is 1.90. The first-order valence-electron chi connectivity index (χ1n) is 5.76. The van der Waals surface area contributed by atoms with Crippen LogP contribution < -0.4 is 0 Å². The van der Waals surface area contributed by atoms with Crippen LogP contribution in [0, 0.1) is 0 Å². The van der Waals surface area contributed by atoms with Crippen molar-refractivity contribution in [2.24, 2.45) is 0 Å². The van der Waals surface area contributed by atoms with Crippen LogP contribution >= 0.6 is 15.9 Å². The minimum absolute atomic E-state index is 0.212. The van der Waals surface area contributed by atoms with E-state index in [-0.39, 0.29) is 5.91 Å². The zero-order chi connectivity index (χ0) is 12.4. The Bertz CT molecular complexity index is 431. The minimum Gasteiger partial charge on any atom is -0.337 e. The maximum atomic E-state index is 12.0. The van der Waals surface area contributed by atoms with Crippen molar-refractivity contribution in [1.82, 2.24) is 9.80 Å². The van der Waals surface area contributed by atoms with E-state index in [9.17, 15) is 4.79 Å². The molecule has 1 aliphatic rings. The Morgan fingerprint density at radius 3 is 2.88 bits per heavy atom. The van der Waals surface area contributed by atoms with Gasteiger partial charge < -0.3 is 9.80 Å². The maximum Gasteiger partial charge on any atom is 0.237 e. The second kappa shape index (κ2) is 5.19. The quantitative estimate of drug-likeness (QED) is 0.832. The van der Waals surface area contributed by atoms with Crippen molar-refractivity contribution in [3.8, 4) is 0 Å². The number of nitrogens with zero attached hydrogens (tertiary/aromatic N) is 2. The molecule has 0 fully saturated rings. The van der Waals surface area contributed by atoms with Gasteiger partial charge in [0.15, 0.2) is 0 Å². The molecule has 1 aromatic carbocycles. The first-order chi connectivity index (χ1) is 8.06. The van der Waals surface area contributed by atoms with E-state index >= 15 is 0 Å². The monoisotopic (exact) mass is 296 g/mol. The van der Waals surface area contributed by atoms with Crippen LogP contribution in [0.25, 0.3) is 0 Å². The molecule has 0 aromatic heterocycles. The van der Waals surface area contributed by atoms with Crippen LogP contribution in [0.15, 0.2) is 22.7 Å². The summed E-state index contributed by atoms with van der Waals surface area (Å²) in [6.07, 6.45) is 0.952. The van der Waals surface area contributed by atoms with E-state index in [1.165, 1.54) is 11.1 Å². The Labute approximate surface area is 111 Å². The Kier molecular flexibility index (Phi) is 3.84. The third kappa shape index (κ3) is 3.07. The number of carbonyl (C=O) groups excluding carboxylic acids is 1. The van der Waals surface area contributed by atoms with Gasteiger partial charge in [0.05, 0.1) is 6.54 Å². The summed E-state index contributed by atoms with van der Waals surface area (Å²) in [6.45, 7) is 2.07. The van der Waals surface area contributed by atoms with Gasteiger partial charge in [-0.05, 0) is 43.8 Å². The van der Waals surface area contributed by atoms with Crippen LogP contribution in [0.1, 0.15) is 11.1 Å². The summed E-state index contributed by atoms with van der Waals surface area (Å²) < 4.78 is 1.12. The topological polar surface area (TPSA) is 23.6 Å². The van der Waals surface area contributed by atoms with Crippen molar-refractivity contribution < 1.29 is 4.79 Å². The molecule has 0 N–H and O–H groups in total. The van der Waals surface area contributed by atoms with Crippen molar-refractivity contribution in [2.75, 3.05) is 27.2 Å². The highest BCUT2D eigenvalue weighted by Crippen LogP contribution is 2.22. The van der Waals surface area contributed by atoms with E-state index in [4.69, 9.17) is 0 Å². The van der Waals surface area contributed by atoms with Gasteiger partial charge in [-0.3, -0.25) is 4.79 Å². The van der Waals surface area contributed by atoms with Gasteiger partial charge in [0.25, 0.3) is 0 Å². The third-order valence-corrected chi connectivity index (χ3v) is 3.48. The Hall–Kier alpha value is -0.870. The zero-order valence-corrected chi connectivity index (χ0v) is 11.8. The van der Waals surface area contributed by atoms with Gasteiger partial charge in [0, 0.05) is 17.6 Å². The molecular weight excluding hydrogens is 280 g/mol. The van der Waals surface area contributed by atoms with E-state index < -0.39 is 0 Å². The lowest BCUT2D eigenvalue weighted by molar-refractivity contribution is -0.132. The number of rotatable bonds is 2. The third-order valence-electron chi connectivity index (χ3n) is 2.98. The SMILES string of the molecule is CN(C)CC(=O)N1CCc2cc(Br)ccc2C1. The van der Waals surface area contributed by atoms with Gasteiger partial charge in [-0.25, -0.2) is 0 Å². The van der Waals surface area contributed by atoms with E-state index in [1.54, 1.807) is 0 Å². The normalized spacial score (nSPS) is 14.9. The lowest BCUT2D eigenvalue weighted by atomic mass is 10.00. The van der Waals surface area contributed by atoms with Crippen molar-refractivity contribution in [3.63, 3.8) is 0 Å². The van der Waals surface area contributed by atoms with Crippen molar-refractivity contribution in [3.05, 3.63) is 33.8 Å². The van der Waals surface area contributed by atoms with Crippen LogP contribution in [0.5, 0.6) is 0 Å². The van der Waals surface area contributed by atoms with Crippen LogP contribution in [0.4, 0.5) is 0 Å². The van der Waals surface area contributed by atoms with E-state index in [0.29, 0.717) is 6.54 Å². The predicted molar refractivity (Wildman–Crippen MR) is 71.8 cm³/mol. The molecule has 0 saturated carbocycles. The van der Waals surface area contributed by atoms with Gasteiger partial charge in [-0.1, -0.05) is 22.0 Å². The Morgan fingerprint density at radius 2 is 2.18 bits per heavy atom. The molecule has 0 spiro atoms. The summed E-state index contributed by atoms with van der Waals surface area (Å²) in [5.41, 5.74) is 2.62. The number of likely N-dealkylation sites (N-methyl/N-ethyl adjacent to an activating group) is 1. The van der Waals surface area contributed by atoms with Crippen molar-refractivity contribution in [2.45, 2.75) is 13.0 Å². The second-order valence-corrected chi connectivity index (χ2v) is 5.63. The highest BCUT2D eigenvalue weighted by atomic mass is 79.9. The molecule has 1 aromatic rings. The summed E-state index contributed by atoms with van der Waals surface area (Å²) in [7, 11) is 3.85. The molecule has 1 aliphatic heterocycles. The first-order valence-corrected chi connectivity index (χ1v) is 6.55. The fourth-order valence-electron chi connectivity index (χ4n) is 2.10. The van der Waals surface area contributed by atoms with Crippen LogP contribution in [0.2, 0.25) is 0 Å². The molecular formula is C13H17BrN2O. The van der Waals surface area contributed by atoms with Crippen molar-refractivity contribution >= 4 is 21.8 Å². The number of benzene rings is 1. The minimum atomic E-state index is 0.212. The average molecular weight is 297 g/mol. The fourth-order valence-corrected chi connectivity index (χ4v) is 2.51. The average Bonchev–Trinajstić information content (AvgIpc) is 2.27. The molecule has 4 heteroatoms. The lowest BCUT2D eigenvalue weighted by Crippen LogP contribution is -2.40. The molecule has 0 radical (unpaired) electrons. The summed E-state index contributed by atoms with van der Waals surface area (Å²) in [5.74, 6) is 0.212. The van der Waals surface area contributed by atoms with E-state index in [2.05, 4.69) is 28.1 Å². The molecule has 1 heterocycles. The molecule has 0 saturated heterocycles. The maximum absolute atomic E-state index is 12.0. The van der Waals surface area contributed by atoms with Crippen LogP contribution in [-0.4, -0.2) is 42.9 Å². The summed E-state index contributed by atoms with van der Waals surface area (Å²) in [6, 6.07) is 6.30. The Morgan fingerprint density at radius 1 is 1.41 bits per heavy atom. The second-order valence-electron chi connectivity index (χ2n) is 4.72. The number of fused-ring (bicyclic) bond motifs is 1. The highest BCUT2D eigenvalue weighted by Gasteiger charge is 2.20. The van der Waals surface area contributed by atoms with Crippen LogP contribution in [-0.2, 0) is 17.8 Å². The highest BCUT2D eigenvalue weighted by molar-refractivity contribution is 9.10. The number of amides is 1. The summed E-state index contributed by atoms with van der Waals surface area (Å²) >= 11 is 3.48. The Balaban J connectivity index is 2.08. The smallest absolute Gasteiger partial charge is 0.237 e. The molecule has 1 amide bonds. The number of halogens is 1. The number of carbonyl (C=O) groups is 1. The van der Waals surface area contributed by atoms with Crippen molar-refractivity contribution in [1.29, 1.82) is 0 Å². The zero-order valence-electron chi connectivity index (χ0n) is 10.2. The summed E-state index contributed by atoms with van der Waals surface area (Å²) in [5, 5.41) is 0. The van der Waals surface area contributed by atoms with Crippen LogP contribution in [0.3, 0.4) is 0 Å². The lowest BCUT2D eigenvalue weighted by Gasteiger charge is -2.30. The van der Waals surface area contributed by atoms with Gasteiger partial charge in [-0.15, -0.1) is 0 Å². The van der Waals surface area contributed by atoms with Gasteiger partial charge >= 0.3 is 0 Å². The molecule has 2 rings (SSSR count). The fraction of sp³-hybridized carbons (Fsp3) is 0.462. The molecule has 17 heavy (non-hydrogen) atoms. The molecule has 0 unspecified atom stereocenters. The summed E-state index contributed by atoms with van der Waals surface area (Å²) in [4.78, 5) is 15.8. The molecule has 0 atom stereocenters. The molecule has 3 nitrogen and oxygen atoms in total. The standard InChI is InChI=1S/C13H17BrN2O/c1-15(2)9-13(17)16-6-5-10-7-12(14)4-3-11(10)8-16/h3-4,7H,5-6,8-9H2,1-2H3. The number of hydrogen-bond acceptors (Lipinski definition) is 2. The first kappa shape index (κ1) is 12.6. The van der Waals surface area contributed by atoms with E-state index in [0.717, 1.165) is 24.0 Å². The van der Waals surface area contributed by atoms with Gasteiger partial charge in [-0.2, -0.15) is 0 Å². The van der Waals surface area contributed by atoms with Gasteiger partial charge in [0.1, 0.15) is 0 Å². The molecule has 92 valence electrons. The number of hydrogen-bond donors (Lipinski definition) is 0. The largest absolute Gasteiger partial charge is 0.337 e. The van der Waals surface area contributed by atoms with Gasteiger partial charge in [0.2, 0.25) is 5.91 Å². The van der Waals surface area contributed by atoms with E-state index in [1.807, 2.05) is 30.0 Å². The molecule has 0 aliphatic carbocycles. The molecule has 0 bridgehead atoms.